The van der Waals surface area contributed by atoms with E-state index in [1.807, 2.05) is 25.1 Å². The first kappa shape index (κ1) is 14.3. The van der Waals surface area contributed by atoms with E-state index in [0.29, 0.717) is 5.75 Å². The van der Waals surface area contributed by atoms with Crippen LogP contribution in [0.3, 0.4) is 0 Å². The quantitative estimate of drug-likeness (QED) is 0.627. The second kappa shape index (κ2) is 6.02. The van der Waals surface area contributed by atoms with Crippen LogP contribution in [0.15, 0.2) is 35.4 Å². The van der Waals surface area contributed by atoms with E-state index in [-0.39, 0.29) is 5.78 Å². The highest BCUT2D eigenvalue weighted by Crippen LogP contribution is 2.24. The maximum Gasteiger partial charge on any atom is 0.173 e. The molecular weight excluding hydrogens is 278 g/mol. The minimum atomic E-state index is 0.190. The Kier molecular flexibility index (Phi) is 4.11. The van der Waals surface area contributed by atoms with Crippen LogP contribution in [0.25, 0.3) is 0 Å². The molecule has 1 aliphatic carbocycles. The van der Waals surface area contributed by atoms with Crippen molar-refractivity contribution in [2.45, 2.75) is 38.1 Å². The molecule has 2 aromatic rings. The van der Waals surface area contributed by atoms with Crippen molar-refractivity contribution in [1.82, 2.24) is 4.98 Å². The van der Waals surface area contributed by atoms with Gasteiger partial charge in [0.1, 0.15) is 0 Å². The molecule has 0 radical (unpaired) electrons. The first-order chi connectivity index (χ1) is 10.1. The highest BCUT2D eigenvalue weighted by Gasteiger charge is 2.14. The topological polar surface area (TPSA) is 30.0 Å². The number of hydrogen-bond donors (Lipinski definition) is 0. The van der Waals surface area contributed by atoms with Crippen molar-refractivity contribution in [2.24, 2.45) is 0 Å². The molecule has 3 rings (SSSR count). The number of carbonyl (C=O) groups is 1. The number of aromatic nitrogens is 1. The van der Waals surface area contributed by atoms with Crippen LogP contribution in [0.2, 0.25) is 0 Å². The normalized spacial score (nSPS) is 13.2. The second-order valence-electron chi connectivity index (χ2n) is 5.67. The molecule has 0 saturated carbocycles. The summed E-state index contributed by atoms with van der Waals surface area (Å²) in [6.07, 6.45) is 3.49. The molecule has 0 atom stereocenters. The maximum absolute atomic E-state index is 12.3. The van der Waals surface area contributed by atoms with E-state index in [4.69, 9.17) is 0 Å². The number of carbonyl (C=O) groups excluding carboxylic acids is 1. The number of fused-ring (bicyclic) bond motifs is 1. The van der Waals surface area contributed by atoms with Crippen LogP contribution in [-0.2, 0) is 12.8 Å². The van der Waals surface area contributed by atoms with Crippen LogP contribution >= 0.6 is 11.8 Å². The Balaban J connectivity index is 1.69. The van der Waals surface area contributed by atoms with Gasteiger partial charge < -0.3 is 0 Å². The zero-order chi connectivity index (χ0) is 14.8. The Hall–Kier alpha value is -1.61. The Morgan fingerprint density at radius 2 is 1.95 bits per heavy atom. The summed E-state index contributed by atoms with van der Waals surface area (Å²) in [5.41, 5.74) is 5.80. The number of rotatable bonds is 4. The van der Waals surface area contributed by atoms with E-state index in [1.165, 1.54) is 34.9 Å². The van der Waals surface area contributed by atoms with Crippen molar-refractivity contribution < 1.29 is 4.79 Å². The zero-order valence-electron chi connectivity index (χ0n) is 12.5. The number of Topliss-reactive ketones (excluding diaryl/α,β-unsaturated/α-hetero) is 1. The number of hydrogen-bond acceptors (Lipinski definition) is 3. The van der Waals surface area contributed by atoms with Gasteiger partial charge >= 0.3 is 0 Å². The smallest absolute Gasteiger partial charge is 0.173 e. The van der Waals surface area contributed by atoms with Crippen LogP contribution in [-0.4, -0.2) is 16.5 Å². The number of pyridine rings is 1. The molecule has 0 fully saturated rings. The molecule has 1 aromatic carbocycles. The molecule has 1 aliphatic rings. The first-order valence-electron chi connectivity index (χ1n) is 7.35. The number of aryl methyl sites for hydroxylation is 4. The first-order valence-corrected chi connectivity index (χ1v) is 8.33. The number of thioether (sulfide) groups is 1. The Bertz CT molecular complexity index is 673. The van der Waals surface area contributed by atoms with Gasteiger partial charge in [0.05, 0.1) is 10.8 Å². The van der Waals surface area contributed by atoms with E-state index >= 15 is 0 Å². The average Bonchev–Trinajstić information content (AvgIpc) is 2.91. The molecule has 0 spiro atoms. The third-order valence-corrected chi connectivity index (χ3v) is 4.76. The summed E-state index contributed by atoms with van der Waals surface area (Å²) < 4.78 is 0. The summed E-state index contributed by atoms with van der Waals surface area (Å²) in [4.78, 5) is 16.8. The molecule has 21 heavy (non-hydrogen) atoms. The van der Waals surface area contributed by atoms with E-state index in [9.17, 15) is 4.79 Å². The van der Waals surface area contributed by atoms with Gasteiger partial charge in [-0.3, -0.25) is 4.79 Å². The summed E-state index contributed by atoms with van der Waals surface area (Å²) in [6, 6.07) is 10.3. The van der Waals surface area contributed by atoms with E-state index in [2.05, 4.69) is 24.0 Å². The SMILES string of the molecule is Cc1cc(C)nc(SCC(=O)c2ccc3c(c2)CCC3)c1. The van der Waals surface area contributed by atoms with Crippen LogP contribution in [0.4, 0.5) is 0 Å². The monoisotopic (exact) mass is 297 g/mol. The van der Waals surface area contributed by atoms with Crippen molar-refractivity contribution in [3.63, 3.8) is 0 Å². The molecule has 108 valence electrons. The van der Waals surface area contributed by atoms with Gasteiger partial charge in [-0.15, -0.1) is 0 Å². The van der Waals surface area contributed by atoms with E-state index in [1.54, 1.807) is 0 Å². The average molecular weight is 297 g/mol. The molecule has 3 heteroatoms. The Morgan fingerprint density at radius 1 is 1.14 bits per heavy atom. The Morgan fingerprint density at radius 3 is 2.76 bits per heavy atom. The fourth-order valence-electron chi connectivity index (χ4n) is 2.85. The molecule has 0 saturated heterocycles. The maximum atomic E-state index is 12.3. The number of nitrogens with zero attached hydrogens (tertiary/aromatic N) is 1. The molecular formula is C18H19NOS. The minimum absolute atomic E-state index is 0.190. The fourth-order valence-corrected chi connectivity index (χ4v) is 3.77. The van der Waals surface area contributed by atoms with Crippen molar-refractivity contribution in [1.29, 1.82) is 0 Å². The van der Waals surface area contributed by atoms with Crippen molar-refractivity contribution in [3.8, 4) is 0 Å². The molecule has 0 amide bonds. The van der Waals surface area contributed by atoms with Gasteiger partial charge in [-0.1, -0.05) is 23.9 Å². The van der Waals surface area contributed by atoms with Crippen molar-refractivity contribution >= 4 is 17.5 Å². The molecule has 1 aromatic heterocycles. The molecule has 0 N–H and O–H groups in total. The molecule has 0 bridgehead atoms. The van der Waals surface area contributed by atoms with Gasteiger partial charge in [0.15, 0.2) is 5.78 Å². The fraction of sp³-hybridized carbons (Fsp3) is 0.333. The lowest BCUT2D eigenvalue weighted by Crippen LogP contribution is -2.04. The lowest BCUT2D eigenvalue weighted by molar-refractivity contribution is 0.102. The highest BCUT2D eigenvalue weighted by molar-refractivity contribution is 7.99. The third-order valence-electron chi connectivity index (χ3n) is 3.85. The molecule has 1 heterocycles. The van der Waals surface area contributed by atoms with Crippen molar-refractivity contribution in [2.75, 3.05) is 5.75 Å². The minimum Gasteiger partial charge on any atom is -0.293 e. The zero-order valence-corrected chi connectivity index (χ0v) is 13.3. The summed E-state index contributed by atoms with van der Waals surface area (Å²) >= 11 is 1.52. The lowest BCUT2D eigenvalue weighted by atomic mass is 10.0. The summed E-state index contributed by atoms with van der Waals surface area (Å²) in [7, 11) is 0. The van der Waals surface area contributed by atoms with Gasteiger partial charge in [-0.25, -0.2) is 4.98 Å². The largest absolute Gasteiger partial charge is 0.293 e. The second-order valence-corrected chi connectivity index (χ2v) is 6.67. The standard InChI is InChI=1S/C18H19NOS/c1-12-8-13(2)19-18(9-12)21-11-17(20)16-7-6-14-4-3-5-15(14)10-16/h6-10H,3-5,11H2,1-2H3. The molecule has 2 nitrogen and oxygen atoms in total. The van der Waals surface area contributed by atoms with Gasteiger partial charge in [-0.05, 0) is 68.0 Å². The van der Waals surface area contributed by atoms with E-state index < -0.39 is 0 Å². The summed E-state index contributed by atoms with van der Waals surface area (Å²) in [6.45, 7) is 4.04. The van der Waals surface area contributed by atoms with Gasteiger partial charge in [0, 0.05) is 11.3 Å². The summed E-state index contributed by atoms with van der Waals surface area (Å²) in [5, 5.41) is 0.932. The van der Waals surface area contributed by atoms with Gasteiger partial charge in [0.25, 0.3) is 0 Å². The lowest BCUT2D eigenvalue weighted by Gasteiger charge is -2.05. The predicted molar refractivity (Wildman–Crippen MR) is 87.2 cm³/mol. The van der Waals surface area contributed by atoms with Crippen LogP contribution in [0.1, 0.15) is 39.2 Å². The number of benzene rings is 1. The van der Waals surface area contributed by atoms with Gasteiger partial charge in [0.2, 0.25) is 0 Å². The van der Waals surface area contributed by atoms with Gasteiger partial charge in [-0.2, -0.15) is 0 Å². The summed E-state index contributed by atoms with van der Waals surface area (Å²) in [5.74, 6) is 0.643. The Labute approximate surface area is 130 Å². The molecule has 0 unspecified atom stereocenters. The van der Waals surface area contributed by atoms with Crippen molar-refractivity contribution in [3.05, 3.63) is 58.3 Å². The highest BCUT2D eigenvalue weighted by atomic mass is 32.2. The van der Waals surface area contributed by atoms with E-state index in [0.717, 1.165) is 29.1 Å². The van der Waals surface area contributed by atoms with Crippen LogP contribution in [0.5, 0.6) is 0 Å². The van der Waals surface area contributed by atoms with Crippen LogP contribution < -0.4 is 0 Å². The third kappa shape index (κ3) is 3.35. The number of ketones is 1. The predicted octanol–water partition coefficient (Wildman–Crippen LogP) is 4.16. The van der Waals surface area contributed by atoms with Crippen LogP contribution in [0, 0.1) is 13.8 Å². The molecule has 0 aliphatic heterocycles.